The minimum Gasteiger partial charge on any atom is -0.504 e. The number of phenolic OH excluding ortho intramolecular Hbond substituents is 1. The minimum absolute atomic E-state index is 0.0505. The summed E-state index contributed by atoms with van der Waals surface area (Å²) in [6, 6.07) is 4.97. The zero-order valence-electron chi connectivity index (χ0n) is 12.0. The van der Waals surface area contributed by atoms with E-state index in [4.69, 9.17) is 17.0 Å². The molecule has 1 aliphatic heterocycles. The molecule has 0 atom stereocenters. The SMILES string of the molecule is CCCCN1C(=O)C(=Cc2ccc(O)c(OC)c2)SC1=S. The predicted molar refractivity (Wildman–Crippen MR) is 89.4 cm³/mol. The number of methoxy groups -OCH3 is 1. The van der Waals surface area contributed by atoms with Crippen molar-refractivity contribution in [3.05, 3.63) is 28.7 Å². The highest BCUT2D eigenvalue weighted by molar-refractivity contribution is 8.26. The molecule has 0 spiro atoms. The van der Waals surface area contributed by atoms with Gasteiger partial charge in [-0.25, -0.2) is 0 Å². The van der Waals surface area contributed by atoms with Crippen LogP contribution in [0.15, 0.2) is 23.1 Å². The van der Waals surface area contributed by atoms with E-state index in [1.807, 2.05) is 0 Å². The summed E-state index contributed by atoms with van der Waals surface area (Å²) >= 11 is 6.57. The number of amides is 1. The van der Waals surface area contributed by atoms with Gasteiger partial charge < -0.3 is 9.84 Å². The molecule has 1 saturated heterocycles. The maximum Gasteiger partial charge on any atom is 0.266 e. The van der Waals surface area contributed by atoms with Crippen molar-refractivity contribution in [1.82, 2.24) is 4.90 Å². The highest BCUT2D eigenvalue weighted by Crippen LogP contribution is 2.34. The summed E-state index contributed by atoms with van der Waals surface area (Å²) in [5.41, 5.74) is 0.792. The van der Waals surface area contributed by atoms with Crippen LogP contribution in [0.5, 0.6) is 11.5 Å². The van der Waals surface area contributed by atoms with Gasteiger partial charge in [-0.15, -0.1) is 0 Å². The van der Waals surface area contributed by atoms with Crippen LogP contribution in [0.2, 0.25) is 0 Å². The summed E-state index contributed by atoms with van der Waals surface area (Å²) in [7, 11) is 1.49. The molecule has 1 aromatic rings. The molecule has 1 aromatic carbocycles. The quantitative estimate of drug-likeness (QED) is 0.665. The van der Waals surface area contributed by atoms with Crippen LogP contribution in [-0.2, 0) is 4.79 Å². The second-order valence-electron chi connectivity index (χ2n) is 4.62. The number of hydrogen-bond acceptors (Lipinski definition) is 5. The lowest BCUT2D eigenvalue weighted by molar-refractivity contribution is -0.122. The molecule has 0 saturated carbocycles. The van der Waals surface area contributed by atoms with Crippen LogP contribution in [0, 0.1) is 0 Å². The van der Waals surface area contributed by atoms with Gasteiger partial charge in [0.15, 0.2) is 11.5 Å². The van der Waals surface area contributed by atoms with Crippen LogP contribution in [-0.4, -0.2) is 33.9 Å². The second kappa shape index (κ2) is 6.95. The van der Waals surface area contributed by atoms with Crippen molar-refractivity contribution in [3.63, 3.8) is 0 Å². The van der Waals surface area contributed by atoms with Crippen LogP contribution in [0.4, 0.5) is 0 Å². The van der Waals surface area contributed by atoms with Crippen molar-refractivity contribution >= 4 is 40.3 Å². The number of hydrogen-bond donors (Lipinski definition) is 1. The van der Waals surface area contributed by atoms with E-state index < -0.39 is 0 Å². The highest BCUT2D eigenvalue weighted by Gasteiger charge is 2.31. The number of phenols is 1. The van der Waals surface area contributed by atoms with Crippen molar-refractivity contribution in [1.29, 1.82) is 0 Å². The number of aromatic hydroxyl groups is 1. The van der Waals surface area contributed by atoms with Gasteiger partial charge >= 0.3 is 0 Å². The Morgan fingerprint density at radius 3 is 2.90 bits per heavy atom. The first-order chi connectivity index (χ1) is 10.1. The van der Waals surface area contributed by atoms with Crippen molar-refractivity contribution in [3.8, 4) is 11.5 Å². The summed E-state index contributed by atoms with van der Waals surface area (Å²) in [4.78, 5) is 14.6. The Bertz CT molecular complexity index is 599. The molecule has 0 unspecified atom stereocenters. The molecule has 1 fully saturated rings. The fourth-order valence-electron chi connectivity index (χ4n) is 1.94. The molecule has 0 bridgehead atoms. The van der Waals surface area contributed by atoms with Gasteiger partial charge in [-0.05, 0) is 30.2 Å². The molecule has 1 amide bonds. The van der Waals surface area contributed by atoms with Crippen molar-refractivity contribution in [2.45, 2.75) is 19.8 Å². The summed E-state index contributed by atoms with van der Waals surface area (Å²) in [5, 5.41) is 9.58. The van der Waals surface area contributed by atoms with E-state index in [0.717, 1.165) is 18.4 Å². The third-order valence-electron chi connectivity index (χ3n) is 3.11. The van der Waals surface area contributed by atoms with Gasteiger partial charge in [-0.2, -0.15) is 0 Å². The van der Waals surface area contributed by atoms with Crippen LogP contribution in [0.25, 0.3) is 6.08 Å². The molecule has 1 heterocycles. The van der Waals surface area contributed by atoms with Gasteiger partial charge in [0.25, 0.3) is 5.91 Å². The lowest BCUT2D eigenvalue weighted by Gasteiger charge is -2.13. The van der Waals surface area contributed by atoms with Crippen molar-refractivity contribution in [2.24, 2.45) is 0 Å². The standard InChI is InChI=1S/C15H17NO3S2/c1-3-4-7-16-14(18)13(21-15(16)20)9-10-5-6-11(17)12(8-10)19-2/h5-6,8-9,17H,3-4,7H2,1-2H3. The number of benzene rings is 1. The number of thioether (sulfide) groups is 1. The van der Waals surface area contributed by atoms with Gasteiger partial charge in [0.05, 0.1) is 12.0 Å². The molecular formula is C15H17NO3S2. The Morgan fingerprint density at radius 1 is 1.48 bits per heavy atom. The fourth-order valence-corrected chi connectivity index (χ4v) is 3.25. The molecule has 21 heavy (non-hydrogen) atoms. The fraction of sp³-hybridized carbons (Fsp3) is 0.333. The molecule has 2 rings (SSSR count). The Kier molecular flexibility index (Phi) is 5.25. The van der Waals surface area contributed by atoms with Gasteiger partial charge in [0.1, 0.15) is 4.32 Å². The third-order valence-corrected chi connectivity index (χ3v) is 4.49. The summed E-state index contributed by atoms with van der Waals surface area (Å²) in [5.74, 6) is 0.404. The Morgan fingerprint density at radius 2 is 2.24 bits per heavy atom. The number of carbonyl (C=O) groups is 1. The second-order valence-corrected chi connectivity index (χ2v) is 6.29. The first-order valence-corrected chi connectivity index (χ1v) is 7.91. The molecule has 112 valence electrons. The number of ether oxygens (including phenoxy) is 1. The van der Waals surface area contributed by atoms with Crippen molar-refractivity contribution in [2.75, 3.05) is 13.7 Å². The molecule has 1 aliphatic rings. The Hall–Kier alpha value is -1.53. The summed E-state index contributed by atoms with van der Waals surface area (Å²) < 4.78 is 5.67. The van der Waals surface area contributed by atoms with E-state index in [9.17, 15) is 9.90 Å². The summed E-state index contributed by atoms with van der Waals surface area (Å²) in [6.07, 6.45) is 3.73. The molecule has 4 nitrogen and oxygen atoms in total. The number of carbonyl (C=O) groups excluding carboxylic acids is 1. The largest absolute Gasteiger partial charge is 0.504 e. The van der Waals surface area contributed by atoms with Gasteiger partial charge in [0, 0.05) is 6.54 Å². The van der Waals surface area contributed by atoms with E-state index in [-0.39, 0.29) is 11.7 Å². The van der Waals surface area contributed by atoms with Crippen LogP contribution in [0.3, 0.4) is 0 Å². The summed E-state index contributed by atoms with van der Waals surface area (Å²) in [6.45, 7) is 2.74. The zero-order valence-corrected chi connectivity index (χ0v) is 13.6. The molecule has 0 radical (unpaired) electrons. The van der Waals surface area contributed by atoms with E-state index in [1.54, 1.807) is 29.2 Å². The van der Waals surface area contributed by atoms with Crippen LogP contribution >= 0.6 is 24.0 Å². The molecule has 6 heteroatoms. The Labute approximate surface area is 133 Å². The molecule has 0 aromatic heterocycles. The maximum atomic E-state index is 12.3. The highest BCUT2D eigenvalue weighted by atomic mass is 32.2. The normalized spacial score (nSPS) is 16.9. The average Bonchev–Trinajstić information content (AvgIpc) is 2.73. The van der Waals surface area contributed by atoms with E-state index in [2.05, 4.69) is 6.92 Å². The minimum atomic E-state index is -0.0505. The molecular weight excluding hydrogens is 306 g/mol. The van der Waals surface area contributed by atoms with Crippen molar-refractivity contribution < 1.29 is 14.6 Å². The van der Waals surface area contributed by atoms with E-state index >= 15 is 0 Å². The van der Waals surface area contributed by atoms with Gasteiger partial charge in [-0.3, -0.25) is 9.69 Å². The third kappa shape index (κ3) is 3.57. The van der Waals surface area contributed by atoms with E-state index in [0.29, 0.717) is 21.5 Å². The monoisotopic (exact) mass is 323 g/mol. The van der Waals surface area contributed by atoms with E-state index in [1.165, 1.54) is 18.9 Å². The number of nitrogens with zero attached hydrogens (tertiary/aromatic N) is 1. The van der Waals surface area contributed by atoms with Crippen LogP contribution < -0.4 is 4.74 Å². The molecule has 0 aliphatic carbocycles. The topological polar surface area (TPSA) is 49.8 Å². The predicted octanol–water partition coefficient (Wildman–Crippen LogP) is 3.40. The Balaban J connectivity index is 2.22. The number of thiocarbonyl (C=S) groups is 1. The number of unbranched alkanes of at least 4 members (excludes halogenated alkanes) is 1. The van der Waals surface area contributed by atoms with Crippen LogP contribution in [0.1, 0.15) is 25.3 Å². The lowest BCUT2D eigenvalue weighted by Crippen LogP contribution is -2.28. The lowest BCUT2D eigenvalue weighted by atomic mass is 10.2. The first kappa shape index (κ1) is 15.9. The van der Waals surface area contributed by atoms with Gasteiger partial charge in [0.2, 0.25) is 0 Å². The molecule has 1 N–H and O–H groups in total. The average molecular weight is 323 g/mol. The smallest absolute Gasteiger partial charge is 0.266 e. The maximum absolute atomic E-state index is 12.3. The number of rotatable bonds is 5. The first-order valence-electron chi connectivity index (χ1n) is 6.69. The van der Waals surface area contributed by atoms with Gasteiger partial charge in [-0.1, -0.05) is 43.4 Å². The zero-order chi connectivity index (χ0) is 15.4.